The third-order valence-corrected chi connectivity index (χ3v) is 4.35. The highest BCUT2D eigenvalue weighted by Crippen LogP contribution is 2.31. The van der Waals surface area contributed by atoms with E-state index in [0.717, 1.165) is 31.7 Å². The zero-order valence-electron chi connectivity index (χ0n) is 11.4. The van der Waals surface area contributed by atoms with Crippen LogP contribution in [0.25, 0.3) is 0 Å². The Morgan fingerprint density at radius 2 is 2.05 bits per heavy atom. The van der Waals surface area contributed by atoms with Gasteiger partial charge in [0.2, 0.25) is 0 Å². The SMILES string of the molecule is CN1CCN(C(CC(=O)O)c2ccc(F)cc2Br)CC1. The van der Waals surface area contributed by atoms with Gasteiger partial charge in [0.1, 0.15) is 5.82 Å². The number of rotatable bonds is 4. The van der Waals surface area contributed by atoms with Gasteiger partial charge in [0, 0.05) is 36.7 Å². The van der Waals surface area contributed by atoms with Crippen molar-refractivity contribution in [1.82, 2.24) is 9.80 Å². The molecule has 1 aliphatic rings. The average Bonchev–Trinajstić information content (AvgIpc) is 2.37. The molecule has 1 N–H and O–H groups in total. The zero-order chi connectivity index (χ0) is 14.7. The van der Waals surface area contributed by atoms with Crippen LogP contribution in [0, 0.1) is 5.82 Å². The van der Waals surface area contributed by atoms with Crippen molar-refractivity contribution in [2.45, 2.75) is 12.5 Å². The lowest BCUT2D eigenvalue weighted by Crippen LogP contribution is -2.46. The molecule has 0 saturated carbocycles. The van der Waals surface area contributed by atoms with Crippen LogP contribution in [0.4, 0.5) is 4.39 Å². The van der Waals surface area contributed by atoms with Crippen molar-refractivity contribution in [1.29, 1.82) is 0 Å². The van der Waals surface area contributed by atoms with Gasteiger partial charge in [-0.2, -0.15) is 0 Å². The zero-order valence-corrected chi connectivity index (χ0v) is 12.9. The molecular weight excluding hydrogens is 327 g/mol. The van der Waals surface area contributed by atoms with Crippen molar-refractivity contribution in [3.05, 3.63) is 34.1 Å². The van der Waals surface area contributed by atoms with Gasteiger partial charge in [0.15, 0.2) is 0 Å². The summed E-state index contributed by atoms with van der Waals surface area (Å²) in [5.74, 6) is -1.17. The van der Waals surface area contributed by atoms with Gasteiger partial charge in [-0.3, -0.25) is 9.69 Å². The molecule has 0 aliphatic carbocycles. The first-order valence-electron chi connectivity index (χ1n) is 6.56. The maximum atomic E-state index is 13.2. The molecule has 1 heterocycles. The van der Waals surface area contributed by atoms with Gasteiger partial charge in [-0.25, -0.2) is 4.39 Å². The molecule has 0 aromatic heterocycles. The van der Waals surface area contributed by atoms with Gasteiger partial charge in [-0.15, -0.1) is 0 Å². The van der Waals surface area contributed by atoms with Crippen LogP contribution in [0.3, 0.4) is 0 Å². The van der Waals surface area contributed by atoms with Gasteiger partial charge >= 0.3 is 5.97 Å². The van der Waals surface area contributed by atoms with E-state index in [1.165, 1.54) is 12.1 Å². The summed E-state index contributed by atoms with van der Waals surface area (Å²) < 4.78 is 13.8. The number of hydrogen-bond donors (Lipinski definition) is 1. The number of carboxylic acid groups (broad SMARTS) is 1. The third-order valence-electron chi connectivity index (χ3n) is 3.67. The van der Waals surface area contributed by atoms with Crippen molar-refractivity contribution in [3.8, 4) is 0 Å². The number of likely N-dealkylation sites (N-methyl/N-ethyl adjacent to an activating group) is 1. The topological polar surface area (TPSA) is 43.8 Å². The predicted molar refractivity (Wildman–Crippen MR) is 78.2 cm³/mol. The quantitative estimate of drug-likeness (QED) is 0.910. The van der Waals surface area contributed by atoms with Gasteiger partial charge in [0.05, 0.1) is 6.42 Å². The van der Waals surface area contributed by atoms with Crippen molar-refractivity contribution in [2.75, 3.05) is 33.2 Å². The normalized spacial score (nSPS) is 18.9. The minimum atomic E-state index is -0.842. The van der Waals surface area contributed by atoms with E-state index in [-0.39, 0.29) is 18.3 Å². The Bertz CT molecular complexity index is 490. The van der Waals surface area contributed by atoms with Crippen LogP contribution in [0.5, 0.6) is 0 Å². The summed E-state index contributed by atoms with van der Waals surface area (Å²) in [5.41, 5.74) is 0.832. The Morgan fingerprint density at radius 1 is 1.40 bits per heavy atom. The van der Waals surface area contributed by atoms with Gasteiger partial charge in [-0.1, -0.05) is 22.0 Å². The number of aliphatic carboxylic acids is 1. The molecule has 0 amide bonds. The van der Waals surface area contributed by atoms with Crippen LogP contribution in [-0.2, 0) is 4.79 Å². The molecule has 0 spiro atoms. The molecule has 1 atom stereocenters. The Morgan fingerprint density at radius 3 is 2.60 bits per heavy atom. The first kappa shape index (κ1) is 15.4. The van der Waals surface area contributed by atoms with E-state index >= 15 is 0 Å². The van der Waals surface area contributed by atoms with Crippen LogP contribution >= 0.6 is 15.9 Å². The molecule has 6 heteroatoms. The number of carboxylic acids is 1. The standard InChI is InChI=1S/C14H18BrFN2O2/c1-17-4-6-18(7-5-17)13(9-14(19)20)11-3-2-10(16)8-12(11)15/h2-3,8,13H,4-7,9H2,1H3,(H,19,20). The fourth-order valence-electron chi connectivity index (χ4n) is 2.51. The number of carbonyl (C=O) groups is 1. The van der Waals surface area contributed by atoms with E-state index in [9.17, 15) is 9.18 Å². The molecule has 1 aliphatic heterocycles. The van der Waals surface area contributed by atoms with Crippen LogP contribution in [0.2, 0.25) is 0 Å². The largest absolute Gasteiger partial charge is 0.481 e. The molecule has 110 valence electrons. The first-order chi connectivity index (χ1) is 9.47. The summed E-state index contributed by atoms with van der Waals surface area (Å²) in [5, 5.41) is 9.15. The third kappa shape index (κ3) is 3.77. The number of nitrogens with zero attached hydrogens (tertiary/aromatic N) is 2. The Kier molecular flexibility index (Phi) is 5.12. The van der Waals surface area contributed by atoms with E-state index < -0.39 is 5.97 Å². The molecule has 1 aromatic carbocycles. The Balaban J connectivity index is 2.24. The molecule has 0 radical (unpaired) electrons. The van der Waals surface area contributed by atoms with Crippen LogP contribution < -0.4 is 0 Å². The summed E-state index contributed by atoms with van der Waals surface area (Å²) >= 11 is 3.35. The second-order valence-electron chi connectivity index (χ2n) is 5.12. The lowest BCUT2D eigenvalue weighted by Gasteiger charge is -2.38. The molecular formula is C14H18BrFN2O2. The minimum absolute atomic E-state index is 0.0218. The molecule has 2 rings (SSSR count). The fraction of sp³-hybridized carbons (Fsp3) is 0.500. The van der Waals surface area contributed by atoms with E-state index in [0.29, 0.717) is 4.47 Å². The van der Waals surface area contributed by atoms with Crippen molar-refractivity contribution in [3.63, 3.8) is 0 Å². The molecule has 4 nitrogen and oxygen atoms in total. The van der Waals surface area contributed by atoms with Crippen molar-refractivity contribution >= 4 is 21.9 Å². The van der Waals surface area contributed by atoms with E-state index in [1.807, 2.05) is 0 Å². The molecule has 1 saturated heterocycles. The van der Waals surface area contributed by atoms with Crippen LogP contribution in [-0.4, -0.2) is 54.1 Å². The van der Waals surface area contributed by atoms with Gasteiger partial charge in [0.25, 0.3) is 0 Å². The summed E-state index contributed by atoms with van der Waals surface area (Å²) in [7, 11) is 2.05. The summed E-state index contributed by atoms with van der Waals surface area (Å²) in [6, 6.07) is 4.22. The Hall–Kier alpha value is -0.980. The molecule has 20 heavy (non-hydrogen) atoms. The van der Waals surface area contributed by atoms with Crippen molar-refractivity contribution in [2.24, 2.45) is 0 Å². The minimum Gasteiger partial charge on any atom is -0.481 e. The lowest BCUT2D eigenvalue weighted by atomic mass is 10.0. The first-order valence-corrected chi connectivity index (χ1v) is 7.36. The number of hydrogen-bond acceptors (Lipinski definition) is 3. The fourth-order valence-corrected chi connectivity index (χ4v) is 3.12. The van der Waals surface area contributed by atoms with Gasteiger partial charge < -0.3 is 10.0 Å². The van der Waals surface area contributed by atoms with E-state index in [4.69, 9.17) is 5.11 Å². The molecule has 1 aromatic rings. The highest BCUT2D eigenvalue weighted by Gasteiger charge is 2.27. The predicted octanol–water partition coefficient (Wildman–Crippen LogP) is 2.35. The molecule has 1 unspecified atom stereocenters. The van der Waals surface area contributed by atoms with Crippen LogP contribution in [0.15, 0.2) is 22.7 Å². The molecule has 0 bridgehead atoms. The smallest absolute Gasteiger partial charge is 0.305 e. The highest BCUT2D eigenvalue weighted by atomic mass is 79.9. The second kappa shape index (κ2) is 6.65. The molecule has 1 fully saturated rings. The summed E-state index contributed by atoms with van der Waals surface area (Å²) in [4.78, 5) is 15.5. The highest BCUT2D eigenvalue weighted by molar-refractivity contribution is 9.10. The van der Waals surface area contributed by atoms with Crippen LogP contribution in [0.1, 0.15) is 18.0 Å². The lowest BCUT2D eigenvalue weighted by molar-refractivity contribution is -0.138. The number of halogens is 2. The van der Waals surface area contributed by atoms with E-state index in [1.54, 1.807) is 6.07 Å². The maximum absolute atomic E-state index is 13.2. The van der Waals surface area contributed by atoms with Crippen molar-refractivity contribution < 1.29 is 14.3 Å². The number of benzene rings is 1. The number of piperazine rings is 1. The van der Waals surface area contributed by atoms with Gasteiger partial charge in [-0.05, 0) is 24.7 Å². The van der Waals surface area contributed by atoms with E-state index in [2.05, 4.69) is 32.8 Å². The summed E-state index contributed by atoms with van der Waals surface area (Å²) in [6.45, 7) is 3.46. The maximum Gasteiger partial charge on any atom is 0.305 e. The average molecular weight is 345 g/mol. The summed E-state index contributed by atoms with van der Waals surface area (Å²) in [6.07, 6.45) is 0.0218. The monoisotopic (exact) mass is 344 g/mol. The Labute approximate surface area is 126 Å². The second-order valence-corrected chi connectivity index (χ2v) is 5.97.